The van der Waals surface area contributed by atoms with Gasteiger partial charge in [0.1, 0.15) is 0 Å². The van der Waals surface area contributed by atoms with Gasteiger partial charge in [0.15, 0.2) is 0 Å². The van der Waals surface area contributed by atoms with Crippen LogP contribution in [-0.4, -0.2) is 15.0 Å². The number of fused-ring (bicyclic) bond motifs is 6. The zero-order valence-electron chi connectivity index (χ0n) is 21.1. The number of aryl methyl sites for hydroxylation is 2. The standard InChI is InChI=1S/C17H11N2S.C15H14N.Ir/c1-11-9-18-10-15-16(11)13-6-4-5-12(17(13)20-15)14-7-2-3-8-19-14;1-10-6-7-11-13(9-10)15(2,3)12-5-4-8-16-14(11)12;/h2-4,6-10H,1H3;4-6,8-9H,1-3H3;/q2*-1;. The van der Waals surface area contributed by atoms with Crippen LogP contribution in [0.15, 0.2) is 79.4 Å². The number of nitrogens with zero attached hydrogens (tertiary/aromatic N) is 3. The number of hydrogen-bond acceptors (Lipinski definition) is 4. The van der Waals surface area contributed by atoms with Crippen LogP contribution < -0.4 is 0 Å². The third kappa shape index (κ3) is 4.31. The Labute approximate surface area is 235 Å². The maximum absolute atomic E-state index is 4.49. The smallest absolute Gasteiger partial charge is 0.0437 e. The Kier molecular flexibility index (Phi) is 6.80. The van der Waals surface area contributed by atoms with Gasteiger partial charge in [-0.1, -0.05) is 49.9 Å². The van der Waals surface area contributed by atoms with Crippen molar-refractivity contribution in [1.82, 2.24) is 15.0 Å². The molecule has 0 atom stereocenters. The summed E-state index contributed by atoms with van der Waals surface area (Å²) in [6.07, 6.45) is 7.54. The van der Waals surface area contributed by atoms with Crippen LogP contribution in [0.25, 0.3) is 42.7 Å². The summed E-state index contributed by atoms with van der Waals surface area (Å²) in [5.41, 5.74) is 9.51. The van der Waals surface area contributed by atoms with E-state index in [2.05, 4.69) is 73.0 Å². The molecule has 7 rings (SSSR count). The average Bonchev–Trinajstić information content (AvgIpc) is 3.39. The summed E-state index contributed by atoms with van der Waals surface area (Å²) >= 11 is 1.76. The maximum atomic E-state index is 4.49. The van der Waals surface area contributed by atoms with Gasteiger partial charge in [0.2, 0.25) is 0 Å². The van der Waals surface area contributed by atoms with Crippen LogP contribution in [0.1, 0.15) is 36.1 Å². The van der Waals surface area contributed by atoms with E-state index in [-0.39, 0.29) is 25.5 Å². The van der Waals surface area contributed by atoms with Crippen molar-refractivity contribution < 1.29 is 20.1 Å². The number of rotatable bonds is 1. The second kappa shape index (κ2) is 9.90. The van der Waals surface area contributed by atoms with E-state index in [1.54, 1.807) is 11.3 Å². The molecule has 0 saturated heterocycles. The van der Waals surface area contributed by atoms with Gasteiger partial charge in [0, 0.05) is 49.6 Å². The largest absolute Gasteiger partial charge is 0.305 e. The van der Waals surface area contributed by atoms with E-state index in [1.165, 1.54) is 48.0 Å². The number of thiophene rings is 1. The Morgan fingerprint density at radius 3 is 2.51 bits per heavy atom. The van der Waals surface area contributed by atoms with Crippen molar-refractivity contribution >= 4 is 31.5 Å². The minimum Gasteiger partial charge on any atom is -0.305 e. The summed E-state index contributed by atoms with van der Waals surface area (Å²) in [7, 11) is 0. The summed E-state index contributed by atoms with van der Waals surface area (Å²) in [4.78, 5) is 13.2. The Bertz CT molecular complexity index is 1740. The van der Waals surface area contributed by atoms with Crippen LogP contribution in [0.2, 0.25) is 0 Å². The van der Waals surface area contributed by atoms with Crippen molar-refractivity contribution in [2.24, 2.45) is 0 Å². The predicted octanol–water partition coefficient (Wildman–Crippen LogP) is 8.11. The normalized spacial score (nSPS) is 12.9. The monoisotopic (exact) mass is 676 g/mol. The number of pyridine rings is 3. The molecule has 0 aliphatic heterocycles. The van der Waals surface area contributed by atoms with E-state index in [1.807, 2.05) is 61.2 Å². The van der Waals surface area contributed by atoms with Gasteiger partial charge in [-0.3, -0.25) is 4.98 Å². The molecule has 4 aromatic heterocycles. The molecule has 6 aromatic rings. The molecule has 5 heteroatoms. The van der Waals surface area contributed by atoms with Crippen molar-refractivity contribution in [3.05, 3.63) is 114 Å². The fourth-order valence-corrected chi connectivity index (χ4v) is 6.36. The van der Waals surface area contributed by atoms with E-state index in [0.717, 1.165) is 17.0 Å². The molecule has 0 bridgehead atoms. The van der Waals surface area contributed by atoms with Crippen LogP contribution in [0.3, 0.4) is 0 Å². The van der Waals surface area contributed by atoms with Crippen LogP contribution >= 0.6 is 11.3 Å². The average molecular weight is 676 g/mol. The van der Waals surface area contributed by atoms with Crippen molar-refractivity contribution in [2.75, 3.05) is 0 Å². The third-order valence-corrected chi connectivity index (χ3v) is 8.09. The van der Waals surface area contributed by atoms with Crippen molar-refractivity contribution in [2.45, 2.75) is 33.1 Å². The summed E-state index contributed by atoms with van der Waals surface area (Å²) < 4.78 is 2.45. The van der Waals surface area contributed by atoms with Gasteiger partial charge >= 0.3 is 0 Å². The summed E-state index contributed by atoms with van der Waals surface area (Å²) in [6.45, 7) is 8.74. The molecule has 1 aliphatic carbocycles. The van der Waals surface area contributed by atoms with Gasteiger partial charge in [-0.05, 0) is 51.5 Å². The summed E-state index contributed by atoms with van der Waals surface area (Å²) in [6, 6.07) is 25.3. The molecule has 0 N–H and O–H groups in total. The number of benzene rings is 2. The van der Waals surface area contributed by atoms with Gasteiger partial charge in [-0.15, -0.1) is 58.7 Å². The van der Waals surface area contributed by atoms with Gasteiger partial charge < -0.3 is 9.97 Å². The predicted molar refractivity (Wildman–Crippen MR) is 149 cm³/mol. The molecule has 0 amide bonds. The van der Waals surface area contributed by atoms with Gasteiger partial charge in [0.05, 0.1) is 0 Å². The van der Waals surface area contributed by atoms with Crippen LogP contribution in [0, 0.1) is 26.0 Å². The molecule has 1 radical (unpaired) electrons. The zero-order valence-corrected chi connectivity index (χ0v) is 24.3. The molecule has 185 valence electrons. The SMILES string of the molecule is Cc1c[c-]c2c(c1)C(C)(C)c1cccnc1-2.Cc1cncc2sc3c(-c4ccccn4)[c-]ccc3c12.[Ir]. The summed E-state index contributed by atoms with van der Waals surface area (Å²) in [5, 5.41) is 2.57. The van der Waals surface area contributed by atoms with Crippen LogP contribution in [-0.2, 0) is 25.5 Å². The first-order chi connectivity index (χ1) is 17.4. The van der Waals surface area contributed by atoms with Gasteiger partial charge in [-0.2, -0.15) is 11.3 Å². The second-order valence-electron chi connectivity index (χ2n) is 9.73. The Morgan fingerprint density at radius 2 is 1.70 bits per heavy atom. The second-order valence-corrected chi connectivity index (χ2v) is 10.8. The minimum atomic E-state index is 0. The summed E-state index contributed by atoms with van der Waals surface area (Å²) in [5.74, 6) is 0. The Balaban J connectivity index is 0.000000151. The molecule has 0 spiro atoms. The van der Waals surface area contributed by atoms with E-state index in [9.17, 15) is 0 Å². The molecule has 37 heavy (non-hydrogen) atoms. The zero-order chi connectivity index (χ0) is 24.9. The molecular formula is C32H25IrN3S-2. The molecule has 0 unspecified atom stereocenters. The fraction of sp³-hybridized carbons (Fsp3) is 0.156. The molecular weight excluding hydrogens is 651 g/mol. The fourth-order valence-electron chi connectivity index (χ4n) is 5.11. The molecule has 3 nitrogen and oxygen atoms in total. The minimum absolute atomic E-state index is 0. The molecule has 1 aliphatic rings. The maximum Gasteiger partial charge on any atom is 0.0437 e. The molecule has 0 saturated carbocycles. The number of hydrogen-bond donors (Lipinski definition) is 0. The number of aromatic nitrogens is 3. The molecule has 0 fully saturated rings. The Morgan fingerprint density at radius 1 is 0.865 bits per heavy atom. The van der Waals surface area contributed by atoms with E-state index in [4.69, 9.17) is 0 Å². The topological polar surface area (TPSA) is 38.7 Å². The van der Waals surface area contributed by atoms with E-state index in [0.29, 0.717) is 0 Å². The van der Waals surface area contributed by atoms with Gasteiger partial charge in [-0.25, -0.2) is 0 Å². The molecule has 2 aromatic carbocycles. The first-order valence-electron chi connectivity index (χ1n) is 12.0. The van der Waals surface area contributed by atoms with Crippen LogP contribution in [0.4, 0.5) is 0 Å². The Hall–Kier alpha value is -3.24. The quantitative estimate of drug-likeness (QED) is 0.165. The van der Waals surface area contributed by atoms with Gasteiger partial charge in [0.25, 0.3) is 0 Å². The van der Waals surface area contributed by atoms with E-state index < -0.39 is 0 Å². The van der Waals surface area contributed by atoms with Crippen molar-refractivity contribution in [3.63, 3.8) is 0 Å². The first-order valence-corrected chi connectivity index (χ1v) is 12.8. The third-order valence-electron chi connectivity index (χ3n) is 6.93. The van der Waals surface area contributed by atoms with Crippen molar-refractivity contribution in [1.29, 1.82) is 0 Å². The first kappa shape index (κ1) is 25.4. The van der Waals surface area contributed by atoms with E-state index >= 15 is 0 Å². The van der Waals surface area contributed by atoms with Crippen molar-refractivity contribution in [3.8, 4) is 22.5 Å². The van der Waals surface area contributed by atoms with Crippen LogP contribution in [0.5, 0.6) is 0 Å². The molecule has 4 heterocycles.